The normalized spacial score (nSPS) is 39.1. The van der Waals surface area contributed by atoms with Gasteiger partial charge in [-0.3, -0.25) is 15.0 Å². The van der Waals surface area contributed by atoms with Crippen LogP contribution in [-0.4, -0.2) is 69.3 Å². The number of amides is 3. The molecule has 8 heteroatoms. The molecular formula is C11H14N2O6. The second-order valence-electron chi connectivity index (χ2n) is 4.42. The molecular weight excluding hydrogens is 256 g/mol. The summed E-state index contributed by atoms with van der Waals surface area (Å²) in [6.45, 7) is -0.555. The van der Waals surface area contributed by atoms with Crippen LogP contribution in [0.3, 0.4) is 0 Å². The highest BCUT2D eigenvalue weighted by atomic mass is 16.6. The molecule has 19 heavy (non-hydrogen) atoms. The number of hydrogen-bond acceptors (Lipinski definition) is 6. The zero-order valence-electron chi connectivity index (χ0n) is 9.94. The van der Waals surface area contributed by atoms with Crippen LogP contribution in [0.5, 0.6) is 0 Å². The fourth-order valence-corrected chi connectivity index (χ4v) is 2.18. The molecule has 0 unspecified atom stereocenters. The zero-order valence-corrected chi connectivity index (χ0v) is 9.94. The second kappa shape index (κ2) is 4.79. The van der Waals surface area contributed by atoms with Crippen molar-refractivity contribution in [2.24, 2.45) is 0 Å². The van der Waals surface area contributed by atoms with Gasteiger partial charge >= 0.3 is 6.03 Å². The first kappa shape index (κ1) is 13.8. The summed E-state index contributed by atoms with van der Waals surface area (Å²) in [6.07, 6.45) is 1.28. The maximum Gasteiger partial charge on any atom is 0.326 e. The lowest BCUT2D eigenvalue weighted by Crippen LogP contribution is -2.61. The number of rotatable bonds is 2. The van der Waals surface area contributed by atoms with Crippen LogP contribution in [0.25, 0.3) is 0 Å². The monoisotopic (exact) mass is 270 g/mol. The van der Waals surface area contributed by atoms with Gasteiger partial charge in [0.2, 0.25) is 5.91 Å². The van der Waals surface area contributed by atoms with E-state index in [0.717, 1.165) is 4.90 Å². The lowest BCUT2D eigenvalue weighted by molar-refractivity contribution is -0.128. The number of terminal acetylenes is 1. The molecule has 0 saturated carbocycles. The van der Waals surface area contributed by atoms with Crippen molar-refractivity contribution in [2.45, 2.75) is 30.5 Å². The Hall–Kier alpha value is -1.66. The molecule has 0 aliphatic carbocycles. The molecule has 0 bridgehead atoms. The molecule has 0 radical (unpaired) electrons. The van der Waals surface area contributed by atoms with Gasteiger partial charge in [0.1, 0.15) is 12.2 Å². The smallest absolute Gasteiger partial charge is 0.326 e. The van der Waals surface area contributed by atoms with Crippen molar-refractivity contribution in [1.82, 2.24) is 10.2 Å². The lowest BCUT2D eigenvalue weighted by atomic mass is 9.94. The maximum atomic E-state index is 11.7. The number of ether oxygens (including phenoxy) is 1. The number of nitrogens with zero attached hydrogens (tertiary/aromatic N) is 1. The number of urea groups is 1. The Morgan fingerprint density at radius 3 is 2.79 bits per heavy atom. The second-order valence-corrected chi connectivity index (χ2v) is 4.42. The van der Waals surface area contributed by atoms with Crippen LogP contribution in [0, 0.1) is 12.3 Å². The molecule has 4 N–H and O–H groups in total. The van der Waals surface area contributed by atoms with Gasteiger partial charge in [-0.05, 0) is 0 Å². The predicted molar refractivity (Wildman–Crippen MR) is 60.4 cm³/mol. The van der Waals surface area contributed by atoms with Gasteiger partial charge < -0.3 is 20.1 Å². The summed E-state index contributed by atoms with van der Waals surface area (Å²) in [4.78, 5) is 23.8. The Kier molecular flexibility index (Phi) is 3.47. The average Bonchev–Trinajstić information content (AvgIpc) is 2.63. The Labute approximate surface area is 109 Å². The minimum atomic E-state index is -2.13. The van der Waals surface area contributed by atoms with Crippen LogP contribution in [0.4, 0.5) is 4.79 Å². The molecule has 2 saturated heterocycles. The van der Waals surface area contributed by atoms with Crippen LogP contribution in [0.1, 0.15) is 6.42 Å². The van der Waals surface area contributed by atoms with E-state index in [9.17, 15) is 19.8 Å². The Morgan fingerprint density at radius 1 is 1.58 bits per heavy atom. The van der Waals surface area contributed by atoms with E-state index in [1.807, 2.05) is 5.92 Å². The quantitative estimate of drug-likeness (QED) is 0.408. The third-order valence-corrected chi connectivity index (χ3v) is 3.26. The fourth-order valence-electron chi connectivity index (χ4n) is 2.18. The largest absolute Gasteiger partial charge is 0.394 e. The van der Waals surface area contributed by atoms with Crippen LogP contribution in [0.2, 0.25) is 0 Å². The number of aliphatic hydroxyl groups is 3. The molecule has 2 rings (SSSR count). The Balaban J connectivity index is 2.26. The maximum absolute atomic E-state index is 11.7. The average molecular weight is 270 g/mol. The summed E-state index contributed by atoms with van der Waals surface area (Å²) in [5.41, 5.74) is -2.13. The Morgan fingerprint density at radius 2 is 2.26 bits per heavy atom. The summed E-state index contributed by atoms with van der Waals surface area (Å²) in [7, 11) is 0. The number of carbonyl (C=O) groups is 2. The first-order valence-electron chi connectivity index (χ1n) is 5.69. The molecule has 0 aromatic heterocycles. The summed E-state index contributed by atoms with van der Waals surface area (Å²) in [6, 6.07) is -0.763. The van der Waals surface area contributed by atoms with Gasteiger partial charge in [-0.25, -0.2) is 4.79 Å². The van der Waals surface area contributed by atoms with Crippen LogP contribution < -0.4 is 5.32 Å². The number of imide groups is 1. The lowest BCUT2D eigenvalue weighted by Gasteiger charge is -2.36. The minimum Gasteiger partial charge on any atom is -0.394 e. The van der Waals surface area contributed by atoms with E-state index < -0.39 is 42.6 Å². The van der Waals surface area contributed by atoms with E-state index in [-0.39, 0.29) is 13.0 Å². The van der Waals surface area contributed by atoms with Crippen molar-refractivity contribution < 1.29 is 29.6 Å². The van der Waals surface area contributed by atoms with Crippen LogP contribution >= 0.6 is 0 Å². The van der Waals surface area contributed by atoms with E-state index >= 15 is 0 Å². The van der Waals surface area contributed by atoms with E-state index in [2.05, 4.69) is 5.32 Å². The first-order valence-corrected chi connectivity index (χ1v) is 5.69. The number of aliphatic hydroxyl groups excluding tert-OH is 2. The van der Waals surface area contributed by atoms with Gasteiger partial charge in [-0.1, -0.05) is 5.92 Å². The van der Waals surface area contributed by atoms with Crippen LogP contribution in [-0.2, 0) is 9.53 Å². The topological polar surface area (TPSA) is 119 Å². The van der Waals surface area contributed by atoms with Crippen molar-refractivity contribution >= 4 is 11.9 Å². The van der Waals surface area contributed by atoms with Crippen molar-refractivity contribution in [2.75, 3.05) is 13.2 Å². The van der Waals surface area contributed by atoms with Gasteiger partial charge in [0.15, 0.2) is 11.8 Å². The van der Waals surface area contributed by atoms with E-state index in [1.54, 1.807) is 0 Å². The molecule has 2 fully saturated rings. The van der Waals surface area contributed by atoms with Crippen LogP contribution in [0.15, 0.2) is 0 Å². The molecule has 0 aromatic rings. The summed E-state index contributed by atoms with van der Waals surface area (Å²) in [5, 5.41) is 31.2. The molecule has 2 aliphatic heterocycles. The van der Waals surface area contributed by atoms with Gasteiger partial charge in [-0.2, -0.15) is 0 Å². The van der Waals surface area contributed by atoms with Crippen molar-refractivity contribution in [1.29, 1.82) is 0 Å². The Bertz CT molecular complexity index is 447. The highest BCUT2D eigenvalue weighted by Gasteiger charge is 2.58. The fraction of sp³-hybridized carbons (Fsp3) is 0.636. The molecule has 0 aromatic carbocycles. The highest BCUT2D eigenvalue weighted by Crippen LogP contribution is 2.33. The molecule has 104 valence electrons. The zero-order chi connectivity index (χ0) is 14.2. The molecule has 2 heterocycles. The van der Waals surface area contributed by atoms with Gasteiger partial charge in [0.25, 0.3) is 0 Å². The standard InChI is InChI=1S/C11H14N2O6/c1-2-11(18)8(16)6(5-14)19-9(11)13-4-3-7(15)12-10(13)17/h1,6,8-9,14,16,18H,3-5H2,(H,12,15,17)/t6-,8-,9-,11-/m1/s1. The predicted octanol–water partition coefficient (Wildman–Crippen LogP) is -2.63. The number of nitrogens with one attached hydrogen (secondary N) is 1. The minimum absolute atomic E-state index is 0.00416. The van der Waals surface area contributed by atoms with Crippen molar-refractivity contribution in [3.05, 3.63) is 0 Å². The number of carbonyl (C=O) groups excluding carboxylic acids is 2. The molecule has 2 aliphatic rings. The third kappa shape index (κ3) is 2.06. The molecule has 4 atom stereocenters. The van der Waals surface area contributed by atoms with Crippen molar-refractivity contribution in [3.8, 4) is 12.3 Å². The van der Waals surface area contributed by atoms with Gasteiger partial charge in [-0.15, -0.1) is 6.42 Å². The number of hydrogen-bond donors (Lipinski definition) is 4. The summed E-state index contributed by atoms with van der Waals surface area (Å²) < 4.78 is 5.24. The van der Waals surface area contributed by atoms with E-state index in [4.69, 9.17) is 16.3 Å². The van der Waals surface area contributed by atoms with Crippen molar-refractivity contribution in [3.63, 3.8) is 0 Å². The highest BCUT2D eigenvalue weighted by molar-refractivity contribution is 5.96. The van der Waals surface area contributed by atoms with Gasteiger partial charge in [0, 0.05) is 13.0 Å². The molecule has 0 spiro atoms. The summed E-state index contributed by atoms with van der Waals surface area (Å²) in [5.74, 6) is 1.55. The third-order valence-electron chi connectivity index (χ3n) is 3.26. The van der Waals surface area contributed by atoms with Gasteiger partial charge in [0.05, 0.1) is 6.61 Å². The SMILES string of the molecule is C#C[C@@]1(O)[C@H](O)[C@@H](CO)O[C@H]1N1CCC(=O)NC1=O. The van der Waals surface area contributed by atoms with E-state index in [0.29, 0.717) is 0 Å². The van der Waals surface area contributed by atoms with E-state index in [1.165, 1.54) is 0 Å². The molecule has 3 amide bonds. The summed E-state index contributed by atoms with van der Waals surface area (Å²) >= 11 is 0. The first-order chi connectivity index (χ1) is 8.93. The molecule has 8 nitrogen and oxygen atoms in total.